The van der Waals surface area contributed by atoms with E-state index in [9.17, 15) is 4.79 Å². The van der Waals surface area contributed by atoms with E-state index < -0.39 is 0 Å². The number of hydrogen-bond donors (Lipinski definition) is 2. The number of rotatable bonds is 7. The van der Waals surface area contributed by atoms with Crippen LogP contribution in [-0.2, 0) is 4.74 Å². The van der Waals surface area contributed by atoms with Crippen LogP contribution in [0.1, 0.15) is 50.6 Å². The number of hydrogen-bond acceptors (Lipinski definition) is 5. The van der Waals surface area contributed by atoms with E-state index in [-0.39, 0.29) is 18.2 Å². The molecule has 1 aromatic rings. The van der Waals surface area contributed by atoms with Gasteiger partial charge in [-0.15, -0.1) is 0 Å². The summed E-state index contributed by atoms with van der Waals surface area (Å²) in [5, 5.41) is 3.35. The number of carbonyl (C=O) groups is 1. The Balaban J connectivity index is 1.57. The fourth-order valence-electron chi connectivity index (χ4n) is 4.35. The smallest absolute Gasteiger partial charge is 0.409 e. The number of aliphatic imine (C=N–C) groups is 1. The Labute approximate surface area is 185 Å². The highest BCUT2D eigenvalue weighted by Crippen LogP contribution is 2.26. The molecule has 0 saturated carbocycles. The molecule has 0 aromatic heterocycles. The van der Waals surface area contributed by atoms with Crippen molar-refractivity contribution in [3.05, 3.63) is 29.8 Å². The molecule has 0 radical (unpaired) electrons. The van der Waals surface area contributed by atoms with Crippen molar-refractivity contribution in [3.8, 4) is 5.75 Å². The quantitative estimate of drug-likeness (QED) is 0.509. The Morgan fingerprint density at radius 3 is 2.45 bits per heavy atom. The second kappa shape index (κ2) is 11.8. The van der Waals surface area contributed by atoms with Gasteiger partial charge < -0.3 is 25.4 Å². The van der Waals surface area contributed by atoms with E-state index in [1.807, 2.05) is 19.1 Å². The van der Waals surface area contributed by atoms with Crippen LogP contribution in [0.4, 0.5) is 4.79 Å². The third-order valence-electron chi connectivity index (χ3n) is 6.14. The number of likely N-dealkylation sites (tertiary alicyclic amines) is 2. The van der Waals surface area contributed by atoms with Gasteiger partial charge in [0.15, 0.2) is 5.96 Å². The number of nitrogens with two attached hydrogens (primary N) is 1. The fourth-order valence-corrected chi connectivity index (χ4v) is 4.35. The minimum atomic E-state index is -0.230. The van der Waals surface area contributed by atoms with Crippen LogP contribution in [0.3, 0.4) is 0 Å². The zero-order chi connectivity index (χ0) is 22.1. The Kier molecular flexibility index (Phi) is 8.82. The second-order valence-corrected chi connectivity index (χ2v) is 8.22. The number of amides is 1. The Morgan fingerprint density at radius 1 is 1.16 bits per heavy atom. The van der Waals surface area contributed by atoms with E-state index in [1.165, 1.54) is 24.8 Å². The monoisotopic (exact) mass is 431 g/mol. The van der Waals surface area contributed by atoms with Crippen molar-refractivity contribution in [2.45, 2.75) is 51.1 Å². The van der Waals surface area contributed by atoms with Crippen LogP contribution in [0.2, 0.25) is 0 Å². The molecule has 8 nitrogen and oxygen atoms in total. The number of methoxy groups -OCH3 is 1. The van der Waals surface area contributed by atoms with Gasteiger partial charge in [-0.2, -0.15) is 0 Å². The highest BCUT2D eigenvalue weighted by molar-refractivity contribution is 5.78. The molecule has 2 saturated heterocycles. The van der Waals surface area contributed by atoms with Crippen LogP contribution in [0.5, 0.6) is 5.75 Å². The van der Waals surface area contributed by atoms with E-state index in [1.54, 1.807) is 12.0 Å². The number of benzene rings is 1. The molecule has 1 atom stereocenters. The normalized spacial score (nSPS) is 19.7. The third-order valence-corrected chi connectivity index (χ3v) is 6.14. The summed E-state index contributed by atoms with van der Waals surface area (Å²) in [5.74, 6) is 1.34. The number of nitrogens with one attached hydrogen (secondary N) is 1. The topological polar surface area (TPSA) is 92.4 Å². The van der Waals surface area contributed by atoms with E-state index >= 15 is 0 Å². The van der Waals surface area contributed by atoms with Crippen LogP contribution in [0, 0.1) is 0 Å². The number of ether oxygens (including phenoxy) is 2. The molecule has 1 amide bonds. The van der Waals surface area contributed by atoms with Crippen molar-refractivity contribution in [2.75, 3.05) is 46.4 Å². The standard InChI is InChI=1S/C23H37N5O3/c1-3-31-23(29)28-15-11-19(12-16-28)26-22(24)25-17-21(27-13-5-4-6-14-27)18-7-9-20(30-2)10-8-18/h7-10,19,21H,3-6,11-17H2,1-2H3,(H3,24,25,26). The molecule has 3 rings (SSSR count). The maximum Gasteiger partial charge on any atom is 0.409 e. The molecule has 2 fully saturated rings. The maximum absolute atomic E-state index is 11.9. The van der Waals surface area contributed by atoms with Gasteiger partial charge in [-0.25, -0.2) is 4.79 Å². The number of piperidine rings is 2. The summed E-state index contributed by atoms with van der Waals surface area (Å²) < 4.78 is 10.4. The van der Waals surface area contributed by atoms with Crippen molar-refractivity contribution in [3.63, 3.8) is 0 Å². The summed E-state index contributed by atoms with van der Waals surface area (Å²) in [5.41, 5.74) is 7.48. The molecule has 2 heterocycles. The molecule has 1 aromatic carbocycles. The lowest BCUT2D eigenvalue weighted by molar-refractivity contribution is 0.0963. The van der Waals surface area contributed by atoms with Crippen molar-refractivity contribution in [1.82, 2.24) is 15.1 Å². The summed E-state index contributed by atoms with van der Waals surface area (Å²) in [6, 6.07) is 8.70. The van der Waals surface area contributed by atoms with E-state index in [4.69, 9.17) is 20.2 Å². The zero-order valence-electron chi connectivity index (χ0n) is 18.9. The predicted molar refractivity (Wildman–Crippen MR) is 122 cm³/mol. The summed E-state index contributed by atoms with van der Waals surface area (Å²) in [7, 11) is 1.69. The Morgan fingerprint density at radius 2 is 1.84 bits per heavy atom. The minimum absolute atomic E-state index is 0.206. The van der Waals surface area contributed by atoms with Crippen molar-refractivity contribution in [1.29, 1.82) is 0 Å². The first-order valence-corrected chi connectivity index (χ1v) is 11.5. The fraction of sp³-hybridized carbons (Fsp3) is 0.652. The average Bonchev–Trinajstić information content (AvgIpc) is 2.81. The minimum Gasteiger partial charge on any atom is -0.497 e. The molecule has 8 heteroatoms. The number of guanidine groups is 1. The summed E-state index contributed by atoms with van der Waals surface area (Å²) in [6.07, 6.45) is 5.19. The molecular formula is C23H37N5O3. The van der Waals surface area contributed by atoms with Crippen molar-refractivity contribution in [2.24, 2.45) is 10.7 Å². The van der Waals surface area contributed by atoms with Crippen LogP contribution >= 0.6 is 0 Å². The molecule has 0 aliphatic carbocycles. The average molecular weight is 432 g/mol. The molecule has 2 aliphatic heterocycles. The molecule has 1 unspecified atom stereocenters. The van der Waals surface area contributed by atoms with E-state index in [2.05, 4.69) is 22.3 Å². The van der Waals surface area contributed by atoms with Gasteiger partial charge in [0.1, 0.15) is 5.75 Å². The first-order chi connectivity index (χ1) is 15.1. The molecular weight excluding hydrogens is 394 g/mol. The first-order valence-electron chi connectivity index (χ1n) is 11.5. The summed E-state index contributed by atoms with van der Waals surface area (Å²) in [4.78, 5) is 20.8. The van der Waals surface area contributed by atoms with Gasteiger partial charge in [-0.05, 0) is 63.4 Å². The highest BCUT2D eigenvalue weighted by Gasteiger charge is 2.25. The predicted octanol–water partition coefficient (Wildman–Crippen LogP) is 2.75. The first kappa shape index (κ1) is 23.2. The summed E-state index contributed by atoms with van der Waals surface area (Å²) in [6.45, 7) is 6.37. The van der Waals surface area contributed by atoms with Crippen LogP contribution in [0.25, 0.3) is 0 Å². The lowest BCUT2D eigenvalue weighted by atomic mass is 10.0. The molecule has 172 valence electrons. The lowest BCUT2D eigenvalue weighted by Crippen LogP contribution is -2.48. The Bertz CT molecular complexity index is 710. The second-order valence-electron chi connectivity index (χ2n) is 8.22. The lowest BCUT2D eigenvalue weighted by Gasteiger charge is -2.34. The van der Waals surface area contributed by atoms with Crippen LogP contribution in [-0.4, -0.2) is 74.3 Å². The molecule has 0 bridgehead atoms. The molecule has 31 heavy (non-hydrogen) atoms. The van der Waals surface area contributed by atoms with Crippen molar-refractivity contribution >= 4 is 12.1 Å². The van der Waals surface area contributed by atoms with Gasteiger partial charge in [-0.3, -0.25) is 9.89 Å². The molecule has 0 spiro atoms. The molecule has 2 aliphatic rings. The van der Waals surface area contributed by atoms with Gasteiger partial charge in [0.25, 0.3) is 0 Å². The highest BCUT2D eigenvalue weighted by atomic mass is 16.6. The number of nitrogens with zero attached hydrogens (tertiary/aromatic N) is 3. The van der Waals surface area contributed by atoms with E-state index in [0.717, 1.165) is 31.7 Å². The third kappa shape index (κ3) is 6.75. The van der Waals surface area contributed by atoms with E-state index in [0.29, 0.717) is 32.2 Å². The van der Waals surface area contributed by atoms with Gasteiger partial charge in [-0.1, -0.05) is 18.6 Å². The van der Waals surface area contributed by atoms with Gasteiger partial charge >= 0.3 is 6.09 Å². The Hall–Kier alpha value is -2.48. The largest absolute Gasteiger partial charge is 0.497 e. The van der Waals surface area contributed by atoms with Crippen LogP contribution in [0.15, 0.2) is 29.3 Å². The van der Waals surface area contributed by atoms with Gasteiger partial charge in [0.05, 0.1) is 26.3 Å². The van der Waals surface area contributed by atoms with Crippen LogP contribution < -0.4 is 15.8 Å². The molecule has 3 N–H and O–H groups in total. The van der Waals surface area contributed by atoms with Crippen molar-refractivity contribution < 1.29 is 14.3 Å². The summed E-state index contributed by atoms with van der Waals surface area (Å²) >= 11 is 0. The van der Waals surface area contributed by atoms with Gasteiger partial charge in [0, 0.05) is 19.1 Å². The number of carbonyl (C=O) groups excluding carboxylic acids is 1. The zero-order valence-corrected chi connectivity index (χ0v) is 18.9. The SMILES string of the molecule is CCOC(=O)N1CCC(NC(N)=NCC(c2ccc(OC)cc2)N2CCCCC2)CC1. The maximum atomic E-state index is 11.9. The van der Waals surface area contributed by atoms with Gasteiger partial charge in [0.2, 0.25) is 0 Å².